The number of hydrogen-bond acceptors (Lipinski definition) is 11. The van der Waals surface area contributed by atoms with Gasteiger partial charge in [-0.25, -0.2) is 9.78 Å². The third kappa shape index (κ3) is 15.0. The first kappa shape index (κ1) is 18.9. The fourth-order valence-corrected chi connectivity index (χ4v) is 0.352. The summed E-state index contributed by atoms with van der Waals surface area (Å²) in [4.78, 5) is 27.5. The van der Waals surface area contributed by atoms with Gasteiger partial charge in [0.05, 0.1) is 11.2 Å². The van der Waals surface area contributed by atoms with Crippen LogP contribution in [0.25, 0.3) is 0 Å². The molecular formula is C9H18O11. The molecule has 0 aromatic rings. The Kier molecular flexibility index (Phi) is 8.52. The molecule has 0 heterocycles. The van der Waals surface area contributed by atoms with Crippen molar-refractivity contribution in [1.29, 1.82) is 0 Å². The van der Waals surface area contributed by atoms with Crippen LogP contribution in [-0.4, -0.2) is 17.4 Å². The highest BCUT2D eigenvalue weighted by Gasteiger charge is 2.15. The summed E-state index contributed by atoms with van der Waals surface area (Å²) in [6.45, 7) is 10.1. The Hall–Kier alpha value is -1.05. The van der Waals surface area contributed by atoms with Gasteiger partial charge < -0.3 is 0 Å². The van der Waals surface area contributed by atoms with Gasteiger partial charge in [-0.1, -0.05) is 0 Å². The molecule has 0 aliphatic rings. The number of hydrogen-bond donors (Lipinski definition) is 0. The van der Waals surface area contributed by atoms with Crippen LogP contribution in [0.3, 0.4) is 0 Å². The summed E-state index contributed by atoms with van der Waals surface area (Å²) in [6, 6.07) is 0. The van der Waals surface area contributed by atoms with E-state index in [4.69, 9.17) is 0 Å². The van der Waals surface area contributed by atoms with Gasteiger partial charge in [0.15, 0.2) is 0 Å². The van der Waals surface area contributed by atoms with Crippen LogP contribution in [0.5, 0.6) is 0 Å². The van der Waals surface area contributed by atoms with Crippen molar-refractivity contribution in [2.75, 3.05) is 0 Å². The molecule has 0 saturated heterocycles. The zero-order chi connectivity index (χ0) is 15.6. The van der Waals surface area contributed by atoms with Crippen LogP contribution in [0.15, 0.2) is 0 Å². The molecule has 0 rings (SSSR count). The van der Waals surface area contributed by atoms with E-state index in [2.05, 4.69) is 49.8 Å². The third-order valence-corrected chi connectivity index (χ3v) is 0.883. The molecule has 11 nitrogen and oxygen atoms in total. The molecule has 0 saturated carbocycles. The topological polar surface area (TPSA) is 109 Å². The van der Waals surface area contributed by atoms with Crippen molar-refractivity contribution in [2.45, 2.75) is 52.7 Å². The van der Waals surface area contributed by atoms with Gasteiger partial charge in [-0.2, -0.15) is 14.6 Å². The average molecular weight is 302 g/mol. The summed E-state index contributed by atoms with van der Waals surface area (Å²) in [6.07, 6.45) is -1.48. The lowest BCUT2D eigenvalue weighted by atomic mass is 10.2. The van der Waals surface area contributed by atoms with E-state index < -0.39 is 17.4 Å². The Bertz CT molecular complexity index is 240. The summed E-state index contributed by atoms with van der Waals surface area (Å²) in [5, 5.41) is 23.4. The van der Waals surface area contributed by atoms with Crippen LogP contribution >= 0.6 is 0 Å². The van der Waals surface area contributed by atoms with Crippen LogP contribution in [0.1, 0.15) is 41.5 Å². The lowest BCUT2D eigenvalue weighted by Crippen LogP contribution is -2.20. The van der Waals surface area contributed by atoms with E-state index in [0.717, 1.165) is 0 Å². The van der Waals surface area contributed by atoms with Crippen LogP contribution in [-0.2, 0) is 49.8 Å². The third-order valence-electron chi connectivity index (χ3n) is 0.883. The molecule has 0 fully saturated rings. The largest absolute Gasteiger partial charge is 0.577 e. The van der Waals surface area contributed by atoms with E-state index in [9.17, 15) is 4.79 Å². The maximum absolute atomic E-state index is 10.7. The molecule has 0 aliphatic carbocycles. The number of carbonyl (C=O) groups is 1. The Labute approximate surface area is 114 Å². The highest BCUT2D eigenvalue weighted by molar-refractivity contribution is 5.57. The second kappa shape index (κ2) is 8.99. The molecule has 11 heteroatoms. The Morgan fingerprint density at radius 3 is 1.25 bits per heavy atom. The maximum atomic E-state index is 10.7. The Morgan fingerprint density at radius 2 is 0.950 bits per heavy atom. The normalized spacial score (nSPS) is 12.3. The van der Waals surface area contributed by atoms with E-state index in [1.165, 1.54) is 0 Å². The molecule has 0 unspecified atom stereocenters. The minimum atomic E-state index is -1.48. The summed E-state index contributed by atoms with van der Waals surface area (Å²) in [5.74, 6) is 0. The lowest BCUT2D eigenvalue weighted by Gasteiger charge is -2.14. The van der Waals surface area contributed by atoms with Crippen LogP contribution in [0.4, 0.5) is 4.79 Å². The monoisotopic (exact) mass is 302 g/mol. The first-order valence-corrected chi connectivity index (χ1v) is 5.35. The minimum Gasteiger partial charge on any atom is -0.224 e. The first-order valence-electron chi connectivity index (χ1n) is 5.35. The van der Waals surface area contributed by atoms with E-state index in [1.807, 2.05) is 0 Å². The van der Waals surface area contributed by atoms with Crippen LogP contribution in [0, 0.1) is 0 Å². The standard InChI is InChI=1S/C9H18O11/c1-8(2,3)13-17-19-15-11-7(10)12-16-20-18-14-9(4,5)6/h1-6H3. The zero-order valence-electron chi connectivity index (χ0n) is 12.0. The summed E-state index contributed by atoms with van der Waals surface area (Å²) >= 11 is 0. The van der Waals surface area contributed by atoms with E-state index in [-0.39, 0.29) is 0 Å². The van der Waals surface area contributed by atoms with Gasteiger partial charge in [0.25, 0.3) is 0 Å². The second-order valence-corrected chi connectivity index (χ2v) is 5.22. The minimum absolute atomic E-state index is 0.648. The lowest BCUT2D eigenvalue weighted by molar-refractivity contribution is -0.723. The predicted molar refractivity (Wildman–Crippen MR) is 55.8 cm³/mol. The average Bonchev–Trinajstić information content (AvgIpc) is 2.25. The van der Waals surface area contributed by atoms with E-state index in [0.29, 0.717) is 0 Å². The molecule has 0 amide bonds. The molecule has 0 bridgehead atoms. The molecular weight excluding hydrogens is 284 g/mol. The van der Waals surface area contributed by atoms with E-state index in [1.54, 1.807) is 41.5 Å². The van der Waals surface area contributed by atoms with Gasteiger partial charge >= 0.3 is 6.16 Å². The van der Waals surface area contributed by atoms with Gasteiger partial charge in [0, 0.05) is 20.2 Å². The highest BCUT2D eigenvalue weighted by atomic mass is 17.8. The van der Waals surface area contributed by atoms with Gasteiger partial charge in [-0.3, -0.25) is 0 Å². The van der Waals surface area contributed by atoms with Crippen molar-refractivity contribution in [2.24, 2.45) is 0 Å². The van der Waals surface area contributed by atoms with Gasteiger partial charge in [0.2, 0.25) is 0 Å². The second-order valence-electron chi connectivity index (χ2n) is 5.22. The summed E-state index contributed by atoms with van der Waals surface area (Å²) < 4.78 is 0. The Balaban J connectivity index is 3.38. The summed E-state index contributed by atoms with van der Waals surface area (Å²) in [5.41, 5.74) is -1.30. The quantitative estimate of drug-likeness (QED) is 0.373. The summed E-state index contributed by atoms with van der Waals surface area (Å²) in [7, 11) is 0. The van der Waals surface area contributed by atoms with Crippen LogP contribution in [0.2, 0.25) is 0 Å². The van der Waals surface area contributed by atoms with E-state index >= 15 is 0 Å². The predicted octanol–water partition coefficient (Wildman–Crippen LogP) is 2.19. The molecule has 0 aliphatic heterocycles. The Morgan fingerprint density at radius 1 is 0.600 bits per heavy atom. The van der Waals surface area contributed by atoms with Crippen LogP contribution < -0.4 is 0 Å². The maximum Gasteiger partial charge on any atom is 0.577 e. The van der Waals surface area contributed by atoms with Crippen molar-refractivity contribution < 1.29 is 54.6 Å². The zero-order valence-corrected chi connectivity index (χ0v) is 12.0. The molecule has 0 aromatic heterocycles. The van der Waals surface area contributed by atoms with Gasteiger partial charge in [-0.15, -0.1) is 0 Å². The smallest absolute Gasteiger partial charge is 0.224 e. The van der Waals surface area contributed by atoms with Gasteiger partial charge in [0.1, 0.15) is 0 Å². The number of rotatable bonds is 8. The molecule has 120 valence electrons. The highest BCUT2D eigenvalue weighted by Crippen LogP contribution is 2.08. The molecule has 0 atom stereocenters. The van der Waals surface area contributed by atoms with Gasteiger partial charge in [-0.05, 0) is 51.6 Å². The fraction of sp³-hybridized carbons (Fsp3) is 0.889. The van der Waals surface area contributed by atoms with Crippen molar-refractivity contribution in [3.63, 3.8) is 0 Å². The van der Waals surface area contributed by atoms with Crippen molar-refractivity contribution in [3.8, 4) is 0 Å². The molecule has 0 N–H and O–H groups in total. The molecule has 0 radical (unpaired) electrons. The first-order chi connectivity index (χ1) is 9.10. The molecule has 0 spiro atoms. The SMILES string of the molecule is CC(C)(C)OOOOOC(=O)OOOOOC(C)(C)C. The van der Waals surface area contributed by atoms with Crippen molar-refractivity contribution >= 4 is 6.16 Å². The molecule has 0 aromatic carbocycles. The number of carbonyl (C=O) groups excluding carboxylic acids is 1. The fourth-order valence-electron chi connectivity index (χ4n) is 0.352. The van der Waals surface area contributed by atoms with Crippen molar-refractivity contribution in [1.82, 2.24) is 0 Å². The van der Waals surface area contributed by atoms with Crippen molar-refractivity contribution in [3.05, 3.63) is 0 Å². The molecule has 20 heavy (non-hydrogen) atoms.